The zero-order valence-corrected chi connectivity index (χ0v) is 32.6. The second-order valence-corrected chi connectivity index (χ2v) is 15.5. The van der Waals surface area contributed by atoms with Crippen LogP contribution < -0.4 is 9.64 Å². The van der Waals surface area contributed by atoms with Crippen molar-refractivity contribution in [2.45, 2.75) is 118 Å². The SMILES string of the molecule is C/C=C1\C(=NC(C)C)C(c2cc(O)cc3ccc(F)c(CC)c23)=Cc2nc(OCC(C)(CCCC)CCCCC)nc(N3CCOCC(C)(O)C3)c21. The van der Waals surface area contributed by atoms with Gasteiger partial charge in [0.05, 0.1) is 43.3 Å². The number of rotatable bonds is 14. The summed E-state index contributed by atoms with van der Waals surface area (Å²) in [5.41, 5.74) is 3.85. The molecule has 0 spiro atoms. The van der Waals surface area contributed by atoms with Gasteiger partial charge in [0.15, 0.2) is 0 Å². The van der Waals surface area contributed by atoms with E-state index in [4.69, 9.17) is 24.4 Å². The number of aromatic nitrogens is 2. The van der Waals surface area contributed by atoms with Crippen molar-refractivity contribution < 1.29 is 24.1 Å². The number of phenolic OH excluding ortho intramolecular Hbond substituents is 1. The number of unbranched alkanes of at least 4 members (excludes halogenated alkanes) is 3. The van der Waals surface area contributed by atoms with Crippen molar-refractivity contribution >= 4 is 39.5 Å². The van der Waals surface area contributed by atoms with Crippen LogP contribution in [-0.4, -0.2) is 70.4 Å². The lowest BCUT2D eigenvalue weighted by atomic mass is 9.81. The van der Waals surface area contributed by atoms with Crippen LogP contribution >= 0.6 is 0 Å². The molecule has 3 aromatic rings. The van der Waals surface area contributed by atoms with E-state index in [2.05, 4.69) is 25.7 Å². The Morgan fingerprint density at radius 2 is 1.87 bits per heavy atom. The quantitative estimate of drug-likeness (QED) is 0.161. The van der Waals surface area contributed by atoms with E-state index in [9.17, 15) is 10.2 Å². The first-order valence-corrected chi connectivity index (χ1v) is 19.3. The Bertz CT molecular complexity index is 1830. The Labute approximate surface area is 309 Å². The number of halogens is 1. The van der Waals surface area contributed by atoms with Crippen LogP contribution in [0.4, 0.5) is 10.2 Å². The Kier molecular flexibility index (Phi) is 12.8. The molecule has 52 heavy (non-hydrogen) atoms. The van der Waals surface area contributed by atoms with Gasteiger partial charge < -0.3 is 24.6 Å². The summed E-state index contributed by atoms with van der Waals surface area (Å²) in [5.74, 6) is 0.448. The van der Waals surface area contributed by atoms with Crippen LogP contribution in [0, 0.1) is 11.2 Å². The average molecular weight is 715 g/mol. The number of hydrogen-bond acceptors (Lipinski definition) is 8. The van der Waals surface area contributed by atoms with Gasteiger partial charge in [0.2, 0.25) is 0 Å². The van der Waals surface area contributed by atoms with Crippen LogP contribution in [-0.2, 0) is 11.2 Å². The highest BCUT2D eigenvalue weighted by Gasteiger charge is 2.35. The number of aromatic hydroxyl groups is 1. The molecule has 1 aliphatic heterocycles. The van der Waals surface area contributed by atoms with Crippen LogP contribution in [0.5, 0.6) is 11.8 Å². The average Bonchev–Trinajstić information content (AvgIpc) is 3.29. The number of allylic oxidation sites excluding steroid dienone is 3. The van der Waals surface area contributed by atoms with Crippen molar-refractivity contribution in [1.29, 1.82) is 0 Å². The predicted octanol–water partition coefficient (Wildman–Crippen LogP) is 9.59. The van der Waals surface area contributed by atoms with E-state index in [0.717, 1.165) is 66.0 Å². The number of fused-ring (bicyclic) bond motifs is 2. The zero-order chi connectivity index (χ0) is 37.6. The van der Waals surface area contributed by atoms with Crippen LogP contribution in [0.25, 0.3) is 28.0 Å². The molecule has 5 rings (SSSR count). The van der Waals surface area contributed by atoms with Crippen molar-refractivity contribution in [2.24, 2.45) is 10.4 Å². The summed E-state index contributed by atoms with van der Waals surface area (Å²) in [6.07, 6.45) is 12.3. The molecule has 1 saturated heterocycles. The molecule has 0 bridgehead atoms. The first kappa shape index (κ1) is 39.4. The number of nitrogens with zero attached hydrogens (tertiary/aromatic N) is 4. The first-order chi connectivity index (χ1) is 24.8. The maximum Gasteiger partial charge on any atom is 0.318 e. The van der Waals surface area contributed by atoms with Crippen LogP contribution in [0.2, 0.25) is 0 Å². The fraction of sp³-hybridized carbons (Fsp3) is 0.558. The Morgan fingerprint density at radius 3 is 2.56 bits per heavy atom. The van der Waals surface area contributed by atoms with Gasteiger partial charge in [-0.2, -0.15) is 9.97 Å². The summed E-state index contributed by atoms with van der Waals surface area (Å²) >= 11 is 0. The molecule has 2 unspecified atom stereocenters. The van der Waals surface area contributed by atoms with Crippen molar-refractivity contribution in [3.05, 3.63) is 58.5 Å². The third kappa shape index (κ3) is 8.85. The molecule has 8 nitrogen and oxygen atoms in total. The molecule has 2 N–H and O–H groups in total. The van der Waals surface area contributed by atoms with E-state index in [1.165, 1.54) is 12.5 Å². The molecule has 1 fully saturated rings. The van der Waals surface area contributed by atoms with E-state index < -0.39 is 5.60 Å². The van der Waals surface area contributed by atoms with Gasteiger partial charge >= 0.3 is 6.01 Å². The van der Waals surface area contributed by atoms with E-state index in [1.807, 2.05) is 39.8 Å². The van der Waals surface area contributed by atoms with Gasteiger partial charge in [0.25, 0.3) is 0 Å². The van der Waals surface area contributed by atoms with Gasteiger partial charge in [-0.1, -0.05) is 71.9 Å². The van der Waals surface area contributed by atoms with Crippen LogP contribution in [0.1, 0.15) is 123 Å². The monoisotopic (exact) mass is 714 g/mol. The van der Waals surface area contributed by atoms with Crippen LogP contribution in [0.3, 0.4) is 0 Å². The summed E-state index contributed by atoms with van der Waals surface area (Å²) in [6.45, 7) is 18.5. The van der Waals surface area contributed by atoms with Gasteiger partial charge in [-0.15, -0.1) is 0 Å². The summed E-state index contributed by atoms with van der Waals surface area (Å²) in [6, 6.07) is 6.77. The molecule has 0 saturated carbocycles. The highest BCUT2D eigenvalue weighted by Crippen LogP contribution is 2.44. The Hall–Kier alpha value is -3.82. The molecule has 2 aliphatic rings. The normalized spacial score (nSPS) is 20.7. The maximum atomic E-state index is 15.4. The molecule has 2 atom stereocenters. The Balaban J connectivity index is 1.77. The van der Waals surface area contributed by atoms with Crippen molar-refractivity contribution in [3.63, 3.8) is 0 Å². The molecule has 0 amide bonds. The number of β-amino-alcohol motifs (C(OH)–C–C–N with tert-alkyl or cyclic N) is 1. The topological polar surface area (TPSA) is 100 Å². The fourth-order valence-electron chi connectivity index (χ4n) is 7.61. The first-order valence-electron chi connectivity index (χ1n) is 19.3. The van der Waals surface area contributed by atoms with Gasteiger partial charge in [-0.25, -0.2) is 4.39 Å². The fourth-order valence-corrected chi connectivity index (χ4v) is 7.61. The van der Waals surface area contributed by atoms with E-state index in [1.54, 1.807) is 25.1 Å². The molecular weight excluding hydrogens is 655 g/mol. The predicted molar refractivity (Wildman–Crippen MR) is 212 cm³/mol. The lowest BCUT2D eigenvalue weighted by Gasteiger charge is -2.33. The van der Waals surface area contributed by atoms with Crippen molar-refractivity contribution in [2.75, 3.05) is 37.8 Å². The summed E-state index contributed by atoms with van der Waals surface area (Å²) in [4.78, 5) is 17.5. The lowest BCUT2D eigenvalue weighted by Crippen LogP contribution is -2.42. The number of ether oxygens (including phenoxy) is 2. The number of aliphatic hydroxyl groups is 1. The molecule has 2 heterocycles. The zero-order valence-electron chi connectivity index (χ0n) is 32.6. The van der Waals surface area contributed by atoms with Crippen molar-refractivity contribution in [1.82, 2.24) is 9.97 Å². The van der Waals surface area contributed by atoms with Gasteiger partial charge in [0.1, 0.15) is 23.0 Å². The second-order valence-electron chi connectivity index (χ2n) is 15.5. The smallest absolute Gasteiger partial charge is 0.318 e. The molecule has 282 valence electrons. The molecule has 1 aliphatic carbocycles. The van der Waals surface area contributed by atoms with Gasteiger partial charge in [-0.05, 0) is 93.1 Å². The third-order valence-electron chi connectivity index (χ3n) is 10.2. The largest absolute Gasteiger partial charge is 0.508 e. The number of aryl methyl sites for hydroxylation is 1. The molecule has 2 aromatic carbocycles. The molecular formula is C43H59FN4O4. The number of hydrogen-bond donors (Lipinski definition) is 2. The van der Waals surface area contributed by atoms with E-state index in [0.29, 0.717) is 61.1 Å². The lowest BCUT2D eigenvalue weighted by molar-refractivity contribution is -0.0123. The third-order valence-corrected chi connectivity index (χ3v) is 10.2. The number of benzene rings is 2. The summed E-state index contributed by atoms with van der Waals surface area (Å²) in [5, 5.41) is 23.8. The van der Waals surface area contributed by atoms with E-state index >= 15 is 4.39 Å². The molecule has 1 aromatic heterocycles. The molecule has 9 heteroatoms. The Morgan fingerprint density at radius 1 is 1.12 bits per heavy atom. The van der Waals surface area contributed by atoms with Gasteiger partial charge in [-0.3, -0.25) is 4.99 Å². The highest BCUT2D eigenvalue weighted by molar-refractivity contribution is 6.50. The number of anilines is 1. The minimum atomic E-state index is -1.10. The minimum Gasteiger partial charge on any atom is -0.508 e. The van der Waals surface area contributed by atoms with Crippen LogP contribution in [0.15, 0.2) is 35.3 Å². The standard InChI is InChI=1S/C43H59FN4O4/c1-9-13-15-19-42(7,18-14-10-2)26-52-41-46-36-24-34(33-23-30(49)22-29-16-17-35(44)31(11-3)37(29)33)39(45-28(5)6)32(12-4)38(36)40(47-41)48-20-21-51-27-43(8,50)25-48/h12,16-17,22-24,28,49-50H,9-11,13-15,18-21,25-27H2,1-8H3/b32-12-,45-39?. The molecule has 0 radical (unpaired) electrons. The van der Waals surface area contributed by atoms with Gasteiger partial charge in [0, 0.05) is 29.1 Å². The second kappa shape index (κ2) is 16.9. The number of aliphatic imine (C=N–C) groups is 1. The number of phenols is 1. The maximum absolute atomic E-state index is 15.4. The minimum absolute atomic E-state index is 0.0294. The summed E-state index contributed by atoms with van der Waals surface area (Å²) < 4.78 is 27.9. The summed E-state index contributed by atoms with van der Waals surface area (Å²) in [7, 11) is 0. The highest BCUT2D eigenvalue weighted by atomic mass is 19.1. The van der Waals surface area contributed by atoms with E-state index in [-0.39, 0.29) is 35.6 Å². The van der Waals surface area contributed by atoms with Crippen molar-refractivity contribution in [3.8, 4) is 11.8 Å².